The van der Waals surface area contributed by atoms with Gasteiger partial charge >= 0.3 is 17.9 Å². The maximum absolute atomic E-state index is 10.7. The Bertz CT molecular complexity index is 633. The molecule has 0 saturated carbocycles. The van der Waals surface area contributed by atoms with E-state index in [1.807, 2.05) is 6.92 Å². The standard InChI is InChI=1S/C8H16O2.2C7H6O2/c1-3-5-6-7-8(9)10-4-2;2*8-7(9)6-4-2-1-3-5-6/h3-7H2,1-2H3;2*1-5H,(H,8,9). The van der Waals surface area contributed by atoms with Crippen LogP contribution in [0.15, 0.2) is 60.7 Å². The normalized spacial score (nSPS) is 9.07. The second-order valence-corrected chi connectivity index (χ2v) is 5.60. The molecule has 0 aliphatic carbocycles. The molecule has 0 aliphatic rings. The van der Waals surface area contributed by atoms with E-state index in [4.69, 9.17) is 14.9 Å². The minimum atomic E-state index is -0.879. The van der Waals surface area contributed by atoms with E-state index in [-0.39, 0.29) is 5.97 Å². The number of carboxylic acid groups (broad SMARTS) is 2. The van der Waals surface area contributed by atoms with Crippen LogP contribution in [0.2, 0.25) is 0 Å². The van der Waals surface area contributed by atoms with Crippen LogP contribution in [-0.4, -0.2) is 34.7 Å². The predicted octanol–water partition coefficient (Wildman–Crippen LogP) is 4.90. The average molecular weight is 388 g/mol. The predicted molar refractivity (Wildman–Crippen MR) is 108 cm³/mol. The number of aromatic carboxylic acids is 2. The third-order valence-corrected chi connectivity index (χ3v) is 3.33. The van der Waals surface area contributed by atoms with Gasteiger partial charge < -0.3 is 14.9 Å². The van der Waals surface area contributed by atoms with Crippen LogP contribution in [0.25, 0.3) is 0 Å². The number of unbranched alkanes of at least 4 members (excludes halogenated alkanes) is 2. The number of benzene rings is 2. The Morgan fingerprint density at radius 2 is 1.18 bits per heavy atom. The van der Waals surface area contributed by atoms with E-state index in [1.54, 1.807) is 60.7 Å². The highest BCUT2D eigenvalue weighted by atomic mass is 16.5. The van der Waals surface area contributed by atoms with Crippen LogP contribution in [0.3, 0.4) is 0 Å². The monoisotopic (exact) mass is 388 g/mol. The van der Waals surface area contributed by atoms with Gasteiger partial charge in [-0.15, -0.1) is 0 Å². The average Bonchev–Trinajstić information content (AvgIpc) is 2.71. The summed E-state index contributed by atoms with van der Waals surface area (Å²) in [6.07, 6.45) is 3.83. The lowest BCUT2D eigenvalue weighted by Crippen LogP contribution is -2.02. The van der Waals surface area contributed by atoms with Gasteiger partial charge in [0.15, 0.2) is 0 Å². The highest BCUT2D eigenvalue weighted by molar-refractivity contribution is 5.87. The van der Waals surface area contributed by atoms with Gasteiger partial charge in [0.25, 0.3) is 0 Å². The smallest absolute Gasteiger partial charge is 0.335 e. The molecule has 0 bridgehead atoms. The van der Waals surface area contributed by atoms with E-state index < -0.39 is 11.9 Å². The summed E-state index contributed by atoms with van der Waals surface area (Å²) < 4.78 is 4.75. The molecule has 0 unspecified atom stereocenters. The van der Waals surface area contributed by atoms with E-state index in [2.05, 4.69) is 6.92 Å². The molecule has 6 nitrogen and oxygen atoms in total. The van der Waals surface area contributed by atoms with Crippen molar-refractivity contribution in [2.75, 3.05) is 6.61 Å². The molecule has 0 aromatic heterocycles. The summed E-state index contributed by atoms with van der Waals surface area (Å²) >= 11 is 0. The molecule has 2 aromatic carbocycles. The summed E-state index contributed by atoms with van der Waals surface area (Å²) in [6, 6.07) is 16.6. The Kier molecular flexibility index (Phi) is 14.2. The molecule has 2 N–H and O–H groups in total. The fourth-order valence-corrected chi connectivity index (χ4v) is 1.91. The first kappa shape index (κ1) is 24.8. The SMILES string of the molecule is CCCCCC(=O)OCC.O=C(O)c1ccccc1.O=C(O)c1ccccc1. The van der Waals surface area contributed by atoms with E-state index >= 15 is 0 Å². The van der Waals surface area contributed by atoms with Crippen molar-refractivity contribution in [1.82, 2.24) is 0 Å². The molecule has 6 heteroatoms. The second kappa shape index (κ2) is 16.1. The third kappa shape index (κ3) is 13.1. The van der Waals surface area contributed by atoms with Crippen molar-refractivity contribution >= 4 is 17.9 Å². The van der Waals surface area contributed by atoms with Crippen LogP contribution in [0.4, 0.5) is 0 Å². The summed E-state index contributed by atoms with van der Waals surface area (Å²) in [5, 5.41) is 16.8. The first-order valence-electron chi connectivity index (χ1n) is 9.14. The summed E-state index contributed by atoms with van der Waals surface area (Å²) in [4.78, 5) is 31.1. The fourth-order valence-electron chi connectivity index (χ4n) is 1.91. The largest absolute Gasteiger partial charge is 0.478 e. The van der Waals surface area contributed by atoms with Crippen LogP contribution in [0, 0.1) is 0 Å². The maximum Gasteiger partial charge on any atom is 0.335 e. The topological polar surface area (TPSA) is 101 Å². The van der Waals surface area contributed by atoms with Gasteiger partial charge in [-0.05, 0) is 37.6 Å². The molecule has 152 valence electrons. The summed E-state index contributed by atoms with van der Waals surface area (Å²) in [5.41, 5.74) is 0.662. The lowest BCUT2D eigenvalue weighted by Gasteiger charge is -1.99. The Morgan fingerprint density at radius 3 is 1.46 bits per heavy atom. The van der Waals surface area contributed by atoms with Gasteiger partial charge in [0, 0.05) is 6.42 Å². The van der Waals surface area contributed by atoms with Crippen molar-refractivity contribution in [2.45, 2.75) is 39.5 Å². The van der Waals surface area contributed by atoms with Crippen LogP contribution in [0.1, 0.15) is 60.2 Å². The molecule has 0 radical (unpaired) electrons. The minimum absolute atomic E-state index is 0.0593. The summed E-state index contributed by atoms with van der Waals surface area (Å²) in [6.45, 7) is 4.45. The van der Waals surface area contributed by atoms with Crippen molar-refractivity contribution in [3.8, 4) is 0 Å². The van der Waals surface area contributed by atoms with Gasteiger partial charge in [-0.1, -0.05) is 56.2 Å². The number of hydrogen-bond donors (Lipinski definition) is 2. The van der Waals surface area contributed by atoms with E-state index in [1.165, 1.54) is 0 Å². The quantitative estimate of drug-likeness (QED) is 0.517. The van der Waals surface area contributed by atoms with Crippen molar-refractivity contribution in [3.05, 3.63) is 71.8 Å². The summed E-state index contributed by atoms with van der Waals surface area (Å²) in [5.74, 6) is -1.82. The zero-order valence-electron chi connectivity index (χ0n) is 16.3. The zero-order valence-corrected chi connectivity index (χ0v) is 16.3. The Hall–Kier alpha value is -3.15. The number of rotatable bonds is 7. The molecule has 0 aliphatic heterocycles. The van der Waals surface area contributed by atoms with Crippen molar-refractivity contribution < 1.29 is 29.3 Å². The highest BCUT2D eigenvalue weighted by Gasteiger charge is 1.99. The summed E-state index contributed by atoms with van der Waals surface area (Å²) in [7, 11) is 0. The van der Waals surface area contributed by atoms with Crippen molar-refractivity contribution in [1.29, 1.82) is 0 Å². The molecule has 0 fully saturated rings. The number of hydrogen-bond acceptors (Lipinski definition) is 4. The Labute approximate surface area is 165 Å². The lowest BCUT2D eigenvalue weighted by atomic mass is 10.2. The van der Waals surface area contributed by atoms with Crippen LogP contribution < -0.4 is 0 Å². The molecule has 0 amide bonds. The first-order chi connectivity index (χ1) is 13.4. The zero-order chi connectivity index (χ0) is 21.2. The van der Waals surface area contributed by atoms with Gasteiger partial charge in [0.2, 0.25) is 0 Å². The molecule has 2 aromatic rings. The van der Waals surface area contributed by atoms with Gasteiger partial charge in [-0.25, -0.2) is 9.59 Å². The lowest BCUT2D eigenvalue weighted by molar-refractivity contribution is -0.143. The molecule has 0 atom stereocenters. The van der Waals surface area contributed by atoms with E-state index in [0.717, 1.165) is 19.3 Å². The first-order valence-corrected chi connectivity index (χ1v) is 9.14. The second-order valence-electron chi connectivity index (χ2n) is 5.60. The minimum Gasteiger partial charge on any atom is -0.478 e. The Balaban J connectivity index is 0.000000391. The number of carbonyl (C=O) groups is 3. The van der Waals surface area contributed by atoms with E-state index in [9.17, 15) is 14.4 Å². The van der Waals surface area contributed by atoms with Gasteiger partial charge in [-0.2, -0.15) is 0 Å². The molecule has 0 saturated heterocycles. The fraction of sp³-hybridized carbons (Fsp3) is 0.318. The molecular weight excluding hydrogens is 360 g/mol. The highest BCUT2D eigenvalue weighted by Crippen LogP contribution is 2.00. The van der Waals surface area contributed by atoms with E-state index in [0.29, 0.717) is 24.2 Å². The molecule has 0 heterocycles. The van der Waals surface area contributed by atoms with Gasteiger partial charge in [0.1, 0.15) is 0 Å². The van der Waals surface area contributed by atoms with Crippen molar-refractivity contribution in [3.63, 3.8) is 0 Å². The number of carbonyl (C=O) groups excluding carboxylic acids is 1. The Morgan fingerprint density at radius 1 is 0.750 bits per heavy atom. The van der Waals surface area contributed by atoms with Crippen LogP contribution in [0.5, 0.6) is 0 Å². The van der Waals surface area contributed by atoms with Gasteiger partial charge in [-0.3, -0.25) is 4.79 Å². The molecular formula is C22H28O6. The maximum atomic E-state index is 10.7. The number of carboxylic acids is 2. The molecule has 28 heavy (non-hydrogen) atoms. The number of ether oxygens (including phenoxy) is 1. The van der Waals surface area contributed by atoms with Crippen LogP contribution in [-0.2, 0) is 9.53 Å². The number of esters is 1. The van der Waals surface area contributed by atoms with Crippen LogP contribution >= 0.6 is 0 Å². The van der Waals surface area contributed by atoms with Crippen molar-refractivity contribution in [2.24, 2.45) is 0 Å². The molecule has 2 rings (SSSR count). The molecule has 0 spiro atoms. The van der Waals surface area contributed by atoms with Gasteiger partial charge in [0.05, 0.1) is 17.7 Å². The third-order valence-electron chi connectivity index (χ3n) is 3.33.